The van der Waals surface area contributed by atoms with Crippen LogP contribution in [-0.2, 0) is 9.59 Å². The van der Waals surface area contributed by atoms with Crippen molar-refractivity contribution in [3.63, 3.8) is 0 Å². The van der Waals surface area contributed by atoms with E-state index < -0.39 is 0 Å². The Hall–Kier alpha value is -3.22. The fraction of sp³-hybridized carbons (Fsp3) is 0.259. The number of rotatable bonds is 6. The van der Waals surface area contributed by atoms with E-state index in [-0.39, 0.29) is 17.7 Å². The van der Waals surface area contributed by atoms with Gasteiger partial charge in [-0.15, -0.1) is 0 Å². The lowest BCUT2D eigenvalue weighted by Crippen LogP contribution is -2.50. The van der Waals surface area contributed by atoms with Gasteiger partial charge in [0.15, 0.2) is 0 Å². The van der Waals surface area contributed by atoms with Gasteiger partial charge in [0.05, 0.1) is 15.7 Å². The van der Waals surface area contributed by atoms with Gasteiger partial charge in [-0.3, -0.25) is 9.59 Å². The molecule has 0 bridgehead atoms. The Balaban J connectivity index is 1.34. The fourth-order valence-electron chi connectivity index (χ4n) is 3.96. The molecule has 0 saturated carbocycles. The number of hydrogen-bond acceptors (Lipinski definition) is 4. The van der Waals surface area contributed by atoms with E-state index in [1.54, 1.807) is 24.3 Å². The molecule has 0 spiro atoms. The van der Waals surface area contributed by atoms with Crippen molar-refractivity contribution >= 4 is 52.5 Å². The molecule has 0 radical (unpaired) electrons. The highest BCUT2D eigenvalue weighted by atomic mass is 35.5. The molecule has 2 amide bonds. The third-order valence-corrected chi connectivity index (χ3v) is 6.44. The number of halogens is 2. The summed E-state index contributed by atoms with van der Waals surface area (Å²) in [6.45, 7) is 6.60. The highest BCUT2D eigenvalue weighted by Crippen LogP contribution is 2.31. The summed E-state index contributed by atoms with van der Waals surface area (Å²) < 4.78 is 5.79. The smallest absolute Gasteiger partial charge is 0.248 e. The topological polar surface area (TPSA) is 65.8 Å². The Kier molecular flexibility index (Phi) is 7.83. The van der Waals surface area contributed by atoms with Crippen LogP contribution in [0.5, 0.6) is 0 Å². The molecule has 1 aromatic heterocycles. The van der Waals surface area contributed by atoms with Gasteiger partial charge in [-0.2, -0.15) is 0 Å². The first-order valence-corrected chi connectivity index (χ1v) is 12.2. The Morgan fingerprint density at radius 1 is 0.971 bits per heavy atom. The Bertz CT molecular complexity index is 1240. The minimum Gasteiger partial charge on any atom is -0.457 e. The molecule has 1 fully saturated rings. The number of carbonyl (C=O) groups excluding carboxylic acids is 2. The van der Waals surface area contributed by atoms with Crippen LogP contribution in [0.1, 0.15) is 19.6 Å². The van der Waals surface area contributed by atoms with Crippen LogP contribution < -0.4 is 10.2 Å². The average Bonchev–Trinajstić information content (AvgIpc) is 3.32. The summed E-state index contributed by atoms with van der Waals surface area (Å²) in [7, 11) is 0. The van der Waals surface area contributed by atoms with Gasteiger partial charge in [-0.1, -0.05) is 49.2 Å². The van der Waals surface area contributed by atoms with Crippen molar-refractivity contribution in [1.29, 1.82) is 0 Å². The number of carbonyl (C=O) groups is 2. The second-order valence-electron chi connectivity index (χ2n) is 8.64. The lowest BCUT2D eigenvalue weighted by molar-refractivity contribution is -0.134. The van der Waals surface area contributed by atoms with Gasteiger partial charge in [0.25, 0.3) is 0 Å². The minimum atomic E-state index is -0.301. The van der Waals surface area contributed by atoms with Crippen LogP contribution in [0.2, 0.25) is 10.0 Å². The number of anilines is 2. The number of hydrogen-bond donors (Lipinski definition) is 1. The van der Waals surface area contributed by atoms with E-state index in [1.807, 2.05) is 55.1 Å². The van der Waals surface area contributed by atoms with Crippen molar-refractivity contribution in [3.05, 3.63) is 76.5 Å². The molecule has 182 valence electrons. The van der Waals surface area contributed by atoms with E-state index in [0.29, 0.717) is 53.4 Å². The monoisotopic (exact) mass is 511 g/mol. The number of amides is 2. The van der Waals surface area contributed by atoms with Gasteiger partial charge in [0.2, 0.25) is 11.8 Å². The van der Waals surface area contributed by atoms with Crippen molar-refractivity contribution in [2.75, 3.05) is 36.4 Å². The van der Waals surface area contributed by atoms with Crippen LogP contribution in [0.15, 0.2) is 65.1 Å². The van der Waals surface area contributed by atoms with Gasteiger partial charge in [0, 0.05) is 49.4 Å². The quantitative estimate of drug-likeness (QED) is 0.399. The first kappa shape index (κ1) is 24.9. The van der Waals surface area contributed by atoms with Gasteiger partial charge < -0.3 is 19.5 Å². The standard InChI is InChI=1S/C27H27Cl2N3O3/c1-18(2)27(34)32-15-13-31(14-16-32)24-10-7-19(17-23(24)29)30-26(33)12-9-20-8-11-25(35-20)21-5-3-4-6-22(21)28/h3-12,17-18H,13-16H2,1-2H3,(H,30,33)/b12-9+. The highest BCUT2D eigenvalue weighted by Gasteiger charge is 2.24. The van der Waals surface area contributed by atoms with E-state index in [1.165, 1.54) is 6.08 Å². The maximum absolute atomic E-state index is 12.4. The predicted octanol–water partition coefficient (Wildman–Crippen LogP) is 6.21. The zero-order valence-electron chi connectivity index (χ0n) is 19.6. The molecule has 8 heteroatoms. The summed E-state index contributed by atoms with van der Waals surface area (Å²) >= 11 is 12.7. The molecule has 1 N–H and O–H groups in total. The predicted molar refractivity (Wildman–Crippen MR) is 142 cm³/mol. The van der Waals surface area contributed by atoms with E-state index in [4.69, 9.17) is 27.6 Å². The van der Waals surface area contributed by atoms with Gasteiger partial charge in [0.1, 0.15) is 11.5 Å². The molecule has 2 heterocycles. The first-order valence-electron chi connectivity index (χ1n) is 11.5. The number of nitrogens with one attached hydrogen (secondary N) is 1. The summed E-state index contributed by atoms with van der Waals surface area (Å²) in [5.41, 5.74) is 2.28. The van der Waals surface area contributed by atoms with E-state index in [2.05, 4.69) is 10.2 Å². The summed E-state index contributed by atoms with van der Waals surface area (Å²) in [5, 5.41) is 3.97. The Morgan fingerprint density at radius 3 is 2.40 bits per heavy atom. The summed E-state index contributed by atoms with van der Waals surface area (Å²) in [6.07, 6.45) is 3.01. The van der Waals surface area contributed by atoms with Crippen LogP contribution in [0, 0.1) is 5.92 Å². The third kappa shape index (κ3) is 6.08. The van der Waals surface area contributed by atoms with Crippen molar-refractivity contribution < 1.29 is 14.0 Å². The minimum absolute atomic E-state index is 0.000669. The van der Waals surface area contributed by atoms with Gasteiger partial charge >= 0.3 is 0 Å². The Morgan fingerprint density at radius 2 is 1.71 bits per heavy atom. The van der Waals surface area contributed by atoms with E-state index in [9.17, 15) is 9.59 Å². The SMILES string of the molecule is CC(C)C(=O)N1CCN(c2ccc(NC(=O)/C=C/c3ccc(-c4ccccc4Cl)o3)cc2Cl)CC1. The molecule has 4 rings (SSSR count). The molecule has 0 atom stereocenters. The van der Waals surface area contributed by atoms with Gasteiger partial charge in [-0.25, -0.2) is 0 Å². The summed E-state index contributed by atoms with van der Waals surface area (Å²) in [4.78, 5) is 28.7. The first-order chi connectivity index (χ1) is 16.8. The lowest BCUT2D eigenvalue weighted by Gasteiger charge is -2.37. The van der Waals surface area contributed by atoms with E-state index in [0.717, 1.165) is 11.3 Å². The Labute approximate surface area is 215 Å². The molecule has 2 aromatic carbocycles. The number of piperazine rings is 1. The van der Waals surface area contributed by atoms with Gasteiger partial charge in [-0.05, 0) is 48.5 Å². The van der Waals surface area contributed by atoms with Crippen LogP contribution in [0.25, 0.3) is 17.4 Å². The number of furan rings is 1. The molecular formula is C27H27Cl2N3O3. The highest BCUT2D eigenvalue weighted by molar-refractivity contribution is 6.33. The van der Waals surface area contributed by atoms with Crippen LogP contribution in [0.4, 0.5) is 11.4 Å². The zero-order valence-corrected chi connectivity index (χ0v) is 21.1. The summed E-state index contributed by atoms with van der Waals surface area (Å²) in [6, 6.07) is 16.5. The van der Waals surface area contributed by atoms with E-state index >= 15 is 0 Å². The largest absolute Gasteiger partial charge is 0.457 e. The van der Waals surface area contributed by atoms with Crippen molar-refractivity contribution in [3.8, 4) is 11.3 Å². The maximum Gasteiger partial charge on any atom is 0.248 e. The third-order valence-electron chi connectivity index (χ3n) is 5.81. The zero-order chi connectivity index (χ0) is 24.9. The molecule has 1 aliphatic heterocycles. The van der Waals surface area contributed by atoms with Crippen molar-refractivity contribution in [2.45, 2.75) is 13.8 Å². The second kappa shape index (κ2) is 11.0. The fourth-order valence-corrected chi connectivity index (χ4v) is 4.49. The molecular weight excluding hydrogens is 485 g/mol. The molecule has 6 nitrogen and oxygen atoms in total. The molecule has 1 aliphatic rings. The maximum atomic E-state index is 12.4. The molecule has 1 saturated heterocycles. The van der Waals surface area contributed by atoms with Crippen molar-refractivity contribution in [1.82, 2.24) is 4.90 Å². The molecule has 3 aromatic rings. The normalized spacial score (nSPS) is 14.1. The average molecular weight is 512 g/mol. The van der Waals surface area contributed by atoms with Crippen LogP contribution >= 0.6 is 23.2 Å². The van der Waals surface area contributed by atoms with Crippen LogP contribution in [-0.4, -0.2) is 42.9 Å². The lowest BCUT2D eigenvalue weighted by atomic mass is 10.1. The molecule has 0 aliphatic carbocycles. The summed E-state index contributed by atoms with van der Waals surface area (Å²) in [5.74, 6) is 1.05. The second-order valence-corrected chi connectivity index (χ2v) is 9.45. The number of benzene rings is 2. The number of nitrogens with zero attached hydrogens (tertiary/aromatic N) is 2. The molecule has 0 unspecified atom stereocenters. The molecule has 35 heavy (non-hydrogen) atoms. The van der Waals surface area contributed by atoms with Crippen molar-refractivity contribution in [2.24, 2.45) is 5.92 Å². The van der Waals surface area contributed by atoms with Crippen LogP contribution in [0.3, 0.4) is 0 Å².